The Hall–Kier alpha value is -4.44. The lowest BCUT2D eigenvalue weighted by Gasteiger charge is -2.14. The molecule has 4 heteroatoms. The maximum absolute atomic E-state index is 12.5. The van der Waals surface area contributed by atoms with E-state index in [9.17, 15) is 14.7 Å². The van der Waals surface area contributed by atoms with Gasteiger partial charge in [0.1, 0.15) is 0 Å². The number of carboxylic acids is 1. The summed E-state index contributed by atoms with van der Waals surface area (Å²) in [5, 5.41) is 12.3. The van der Waals surface area contributed by atoms with Crippen LogP contribution in [0.1, 0.15) is 90.4 Å². The molecule has 0 saturated carbocycles. The number of aryl methyl sites for hydroxylation is 1. The highest BCUT2D eigenvalue weighted by molar-refractivity contribution is 5.96. The van der Waals surface area contributed by atoms with E-state index in [1.807, 2.05) is 60.7 Å². The fourth-order valence-electron chi connectivity index (χ4n) is 4.90. The number of amides is 1. The van der Waals surface area contributed by atoms with Gasteiger partial charge in [0.25, 0.3) is 5.91 Å². The first-order valence-electron chi connectivity index (χ1n) is 15.0. The van der Waals surface area contributed by atoms with E-state index in [4.69, 9.17) is 0 Å². The van der Waals surface area contributed by atoms with Crippen molar-refractivity contribution in [1.82, 2.24) is 5.32 Å². The van der Waals surface area contributed by atoms with Crippen LogP contribution in [0.5, 0.6) is 0 Å². The minimum absolute atomic E-state index is 0.0133. The number of aromatic carboxylic acids is 1. The van der Waals surface area contributed by atoms with Crippen molar-refractivity contribution in [2.45, 2.75) is 60.8 Å². The van der Waals surface area contributed by atoms with Crippen LogP contribution in [0, 0.1) is 12.8 Å². The topological polar surface area (TPSA) is 66.4 Å². The monoisotopic (exact) mass is 575 g/mol. The van der Waals surface area contributed by atoms with Crippen molar-refractivity contribution in [3.8, 4) is 11.1 Å². The lowest BCUT2D eigenvalue weighted by Crippen LogP contribution is -2.27. The van der Waals surface area contributed by atoms with Gasteiger partial charge in [0.2, 0.25) is 0 Å². The highest BCUT2D eigenvalue weighted by Crippen LogP contribution is 2.25. The van der Waals surface area contributed by atoms with Gasteiger partial charge in [-0.25, -0.2) is 4.79 Å². The minimum Gasteiger partial charge on any atom is -0.478 e. The maximum atomic E-state index is 12.5. The largest absolute Gasteiger partial charge is 0.478 e. The second kappa shape index (κ2) is 15.7. The van der Waals surface area contributed by atoms with E-state index >= 15 is 0 Å². The number of carbonyl (C=O) groups excluding carboxylic acids is 1. The molecule has 0 spiro atoms. The van der Waals surface area contributed by atoms with Crippen molar-refractivity contribution in [1.29, 1.82) is 0 Å². The average Bonchev–Trinajstić information content (AvgIpc) is 3.00. The first-order chi connectivity index (χ1) is 20.5. The van der Waals surface area contributed by atoms with Crippen LogP contribution in [0.4, 0.5) is 0 Å². The van der Waals surface area contributed by atoms with Crippen molar-refractivity contribution in [2.75, 3.05) is 6.54 Å². The zero-order valence-corrected chi connectivity index (χ0v) is 26.6. The van der Waals surface area contributed by atoms with Gasteiger partial charge in [-0.05, 0) is 103 Å². The summed E-state index contributed by atoms with van der Waals surface area (Å²) in [5.74, 6) is 0.0131. The van der Waals surface area contributed by atoms with Crippen LogP contribution in [-0.2, 0) is 6.42 Å². The number of carbonyl (C=O) groups is 2. The summed E-state index contributed by atoms with van der Waals surface area (Å²) in [4.78, 5) is 23.7. The summed E-state index contributed by atoms with van der Waals surface area (Å²) in [6, 6.07) is 31.4. The molecule has 0 aliphatic heterocycles. The summed E-state index contributed by atoms with van der Waals surface area (Å²) < 4.78 is 0. The van der Waals surface area contributed by atoms with Gasteiger partial charge in [-0.15, -0.1) is 0 Å². The van der Waals surface area contributed by atoms with E-state index in [-0.39, 0.29) is 5.91 Å². The van der Waals surface area contributed by atoms with Crippen LogP contribution in [-0.4, -0.2) is 23.5 Å². The third kappa shape index (κ3) is 9.54. The van der Waals surface area contributed by atoms with Gasteiger partial charge in [0.05, 0.1) is 5.56 Å². The van der Waals surface area contributed by atoms with Crippen molar-refractivity contribution in [3.63, 3.8) is 0 Å². The molecule has 0 aliphatic carbocycles. The van der Waals surface area contributed by atoms with Crippen LogP contribution in [0.3, 0.4) is 0 Å². The molecule has 1 amide bonds. The summed E-state index contributed by atoms with van der Waals surface area (Å²) in [5.41, 5.74) is 10.2. The van der Waals surface area contributed by atoms with Gasteiger partial charge in [0, 0.05) is 12.1 Å². The first-order valence-corrected chi connectivity index (χ1v) is 15.0. The Morgan fingerprint density at radius 2 is 1.40 bits per heavy atom. The van der Waals surface area contributed by atoms with Gasteiger partial charge in [-0.2, -0.15) is 0 Å². The number of carboxylic acid groups (broad SMARTS) is 1. The molecule has 0 unspecified atom stereocenters. The molecule has 43 heavy (non-hydrogen) atoms. The molecule has 0 radical (unpaired) electrons. The van der Waals surface area contributed by atoms with Gasteiger partial charge < -0.3 is 10.4 Å². The average molecular weight is 576 g/mol. The third-order valence-corrected chi connectivity index (χ3v) is 7.66. The number of rotatable bonds is 9. The van der Waals surface area contributed by atoms with Crippen molar-refractivity contribution in [3.05, 3.63) is 136 Å². The molecule has 0 aromatic heterocycles. The quantitative estimate of drug-likeness (QED) is 0.209. The molecule has 4 nitrogen and oxygen atoms in total. The third-order valence-electron chi connectivity index (χ3n) is 7.66. The highest BCUT2D eigenvalue weighted by atomic mass is 16.4. The molecule has 0 fully saturated rings. The van der Waals surface area contributed by atoms with Gasteiger partial charge >= 0.3 is 5.97 Å². The number of nitrogens with one attached hydrogen (secondary N) is 1. The number of benzene rings is 4. The van der Waals surface area contributed by atoms with Crippen LogP contribution in [0.2, 0.25) is 0 Å². The predicted octanol–water partition coefficient (Wildman–Crippen LogP) is 9.59. The van der Waals surface area contributed by atoms with Crippen molar-refractivity contribution >= 4 is 17.4 Å². The van der Waals surface area contributed by atoms with Crippen LogP contribution in [0.15, 0.2) is 103 Å². The van der Waals surface area contributed by atoms with Gasteiger partial charge in [-0.1, -0.05) is 105 Å². The summed E-state index contributed by atoms with van der Waals surface area (Å²) in [6.45, 7) is 15.5. The number of allylic oxidation sites excluding steroid dienone is 2. The zero-order chi connectivity index (χ0) is 31.5. The van der Waals surface area contributed by atoms with Crippen LogP contribution < -0.4 is 5.32 Å². The Balaban J connectivity index is 0.000000242. The molecule has 4 aromatic carbocycles. The molecule has 2 N–H and O–H groups in total. The standard InChI is InChI=1S/C22H27NO.C17H18O2/c1-15(2)18(5)21-13-20(12-11-16(21)3)22(24)23-14-17(4)19-9-7-6-8-10-19;1-12(2)11-13-7-9-14(10-8-13)15-5-3-4-6-16(15)17(18)19/h6-13,17H,14H2,1-5H3,(H,23,24);3-10,12H,11H2,1-2H3,(H,18,19)/t17-;/m0./s1. The molecule has 1 atom stereocenters. The molecule has 0 bridgehead atoms. The number of hydrogen-bond donors (Lipinski definition) is 2. The smallest absolute Gasteiger partial charge is 0.336 e. The Kier molecular flexibility index (Phi) is 12.1. The molecule has 224 valence electrons. The van der Waals surface area contributed by atoms with E-state index < -0.39 is 5.97 Å². The predicted molar refractivity (Wildman–Crippen MR) is 180 cm³/mol. The second-order valence-electron chi connectivity index (χ2n) is 11.8. The lowest BCUT2D eigenvalue weighted by molar-refractivity contribution is 0.0697. The molecule has 0 aliphatic rings. The Bertz CT molecular complexity index is 1550. The lowest BCUT2D eigenvalue weighted by atomic mass is 9.96. The van der Waals surface area contributed by atoms with E-state index in [0.29, 0.717) is 23.9 Å². The minimum atomic E-state index is -0.887. The van der Waals surface area contributed by atoms with Crippen molar-refractivity contribution < 1.29 is 14.7 Å². The highest BCUT2D eigenvalue weighted by Gasteiger charge is 2.13. The molecular weight excluding hydrogens is 530 g/mol. The number of hydrogen-bond acceptors (Lipinski definition) is 2. The van der Waals surface area contributed by atoms with E-state index in [1.54, 1.807) is 12.1 Å². The van der Waals surface area contributed by atoms with Crippen LogP contribution >= 0.6 is 0 Å². The SMILES string of the molecule is CC(C)=C(C)c1cc(C(=O)NC[C@H](C)c2ccccc2)ccc1C.CC(C)Cc1ccc(-c2ccccc2C(=O)O)cc1. The Morgan fingerprint density at radius 3 is 2.00 bits per heavy atom. The Labute approximate surface area is 257 Å². The molecule has 0 heterocycles. The fourth-order valence-corrected chi connectivity index (χ4v) is 4.90. The molecular formula is C39H45NO3. The molecule has 4 rings (SSSR count). The van der Waals surface area contributed by atoms with E-state index in [1.165, 1.54) is 27.8 Å². The summed E-state index contributed by atoms with van der Waals surface area (Å²) in [6.07, 6.45) is 1.04. The maximum Gasteiger partial charge on any atom is 0.336 e. The zero-order valence-electron chi connectivity index (χ0n) is 26.6. The van der Waals surface area contributed by atoms with Crippen molar-refractivity contribution in [2.24, 2.45) is 5.92 Å². The fraction of sp³-hybridized carbons (Fsp3) is 0.282. The normalized spacial score (nSPS) is 11.3. The summed E-state index contributed by atoms with van der Waals surface area (Å²) >= 11 is 0. The molecule has 0 saturated heterocycles. The van der Waals surface area contributed by atoms with Crippen LogP contribution in [0.25, 0.3) is 16.7 Å². The summed E-state index contributed by atoms with van der Waals surface area (Å²) in [7, 11) is 0. The Morgan fingerprint density at radius 1 is 0.767 bits per heavy atom. The molecule has 4 aromatic rings. The van der Waals surface area contributed by atoms with E-state index in [2.05, 4.69) is 78.0 Å². The first kappa shape index (κ1) is 33.1. The van der Waals surface area contributed by atoms with E-state index in [0.717, 1.165) is 28.7 Å². The second-order valence-corrected chi connectivity index (χ2v) is 11.8. The van der Waals surface area contributed by atoms with Gasteiger partial charge in [-0.3, -0.25) is 4.79 Å². The van der Waals surface area contributed by atoms with Gasteiger partial charge in [0.15, 0.2) is 0 Å².